The van der Waals surface area contributed by atoms with Crippen LogP contribution in [0.25, 0.3) is 33.3 Å². The summed E-state index contributed by atoms with van der Waals surface area (Å²) in [6.07, 6.45) is 3.94. The second kappa shape index (κ2) is 7.58. The highest BCUT2D eigenvalue weighted by molar-refractivity contribution is 5.93. The number of nitrogens with one attached hydrogen (secondary N) is 2. The van der Waals surface area contributed by atoms with Gasteiger partial charge in [0.25, 0.3) is 0 Å². The first-order chi connectivity index (χ1) is 14.6. The number of piperazine rings is 1. The molecular formula is C25H27N5. The summed E-state index contributed by atoms with van der Waals surface area (Å²) in [7, 11) is 0. The quantitative estimate of drug-likeness (QED) is 0.529. The predicted octanol–water partition coefficient (Wildman–Crippen LogP) is 4.63. The van der Waals surface area contributed by atoms with Gasteiger partial charge in [-0.3, -0.25) is 4.98 Å². The summed E-state index contributed by atoms with van der Waals surface area (Å²) >= 11 is 0. The average Bonchev–Trinajstić information content (AvgIpc) is 3.12. The van der Waals surface area contributed by atoms with Gasteiger partial charge in [-0.05, 0) is 61.7 Å². The number of benzene rings is 1. The molecule has 0 unspecified atom stereocenters. The SMILES string of the molecule is Cc1cc(-c2[nH]c3cc(-c4ccc(N5CCNCC5)nc4)ccc3c2C)c(C)cn1. The van der Waals surface area contributed by atoms with Crippen molar-refractivity contribution in [1.29, 1.82) is 0 Å². The minimum atomic E-state index is 1.01. The Morgan fingerprint density at radius 3 is 2.43 bits per heavy atom. The van der Waals surface area contributed by atoms with Gasteiger partial charge >= 0.3 is 0 Å². The number of aromatic nitrogens is 3. The van der Waals surface area contributed by atoms with E-state index in [0.717, 1.165) is 48.8 Å². The van der Waals surface area contributed by atoms with Gasteiger partial charge in [-0.1, -0.05) is 12.1 Å². The Labute approximate surface area is 177 Å². The number of anilines is 1. The van der Waals surface area contributed by atoms with Crippen molar-refractivity contribution in [3.8, 4) is 22.4 Å². The Kier molecular flexibility index (Phi) is 4.75. The number of nitrogens with zero attached hydrogens (tertiary/aromatic N) is 3. The van der Waals surface area contributed by atoms with E-state index < -0.39 is 0 Å². The van der Waals surface area contributed by atoms with Gasteiger partial charge in [0.15, 0.2) is 0 Å². The van der Waals surface area contributed by atoms with Gasteiger partial charge < -0.3 is 15.2 Å². The zero-order valence-corrected chi connectivity index (χ0v) is 17.8. The molecule has 0 bridgehead atoms. The monoisotopic (exact) mass is 397 g/mol. The number of fused-ring (bicyclic) bond motifs is 1. The molecule has 0 saturated carbocycles. The van der Waals surface area contributed by atoms with E-state index in [4.69, 9.17) is 4.98 Å². The maximum atomic E-state index is 4.73. The normalized spacial score (nSPS) is 14.4. The Morgan fingerprint density at radius 2 is 1.67 bits per heavy atom. The third-order valence-electron chi connectivity index (χ3n) is 6.09. The van der Waals surface area contributed by atoms with Crippen molar-refractivity contribution in [2.45, 2.75) is 20.8 Å². The number of pyridine rings is 2. The Hall–Kier alpha value is -3.18. The second-order valence-electron chi connectivity index (χ2n) is 8.17. The standard InChI is InChI=1S/C25H27N5/c1-16-14-27-17(2)12-22(16)25-18(3)21-6-4-19(13-23(21)29-25)20-5-7-24(28-15-20)30-10-8-26-9-11-30/h4-7,12-15,26,29H,8-11H2,1-3H3. The van der Waals surface area contributed by atoms with Crippen molar-refractivity contribution in [3.05, 3.63) is 65.6 Å². The topological polar surface area (TPSA) is 56.8 Å². The van der Waals surface area contributed by atoms with Crippen LogP contribution in [0.3, 0.4) is 0 Å². The van der Waals surface area contributed by atoms with Gasteiger partial charge in [0.1, 0.15) is 5.82 Å². The minimum absolute atomic E-state index is 1.01. The first kappa shape index (κ1) is 18.8. The molecule has 1 aromatic carbocycles. The molecule has 5 nitrogen and oxygen atoms in total. The first-order valence-electron chi connectivity index (χ1n) is 10.6. The molecule has 5 rings (SSSR count). The molecule has 1 aliphatic heterocycles. The van der Waals surface area contributed by atoms with Gasteiger partial charge in [-0.2, -0.15) is 0 Å². The van der Waals surface area contributed by atoms with Gasteiger partial charge in [0.05, 0.1) is 0 Å². The van der Waals surface area contributed by atoms with E-state index in [2.05, 4.69) is 70.4 Å². The van der Waals surface area contributed by atoms with Gasteiger partial charge in [0, 0.05) is 72.0 Å². The maximum Gasteiger partial charge on any atom is 0.128 e. The predicted molar refractivity (Wildman–Crippen MR) is 124 cm³/mol. The second-order valence-corrected chi connectivity index (χ2v) is 8.17. The molecule has 0 spiro atoms. The molecule has 30 heavy (non-hydrogen) atoms. The van der Waals surface area contributed by atoms with Crippen molar-refractivity contribution in [1.82, 2.24) is 20.3 Å². The van der Waals surface area contributed by atoms with Crippen LogP contribution in [-0.2, 0) is 0 Å². The minimum Gasteiger partial charge on any atom is -0.354 e. The largest absolute Gasteiger partial charge is 0.354 e. The summed E-state index contributed by atoms with van der Waals surface area (Å²) in [5, 5.41) is 4.64. The lowest BCUT2D eigenvalue weighted by Crippen LogP contribution is -2.43. The summed E-state index contributed by atoms with van der Waals surface area (Å²) in [6.45, 7) is 10.4. The fraction of sp³-hybridized carbons (Fsp3) is 0.280. The highest BCUT2D eigenvalue weighted by atomic mass is 15.2. The van der Waals surface area contributed by atoms with E-state index in [1.54, 1.807) is 0 Å². The van der Waals surface area contributed by atoms with Crippen molar-refractivity contribution >= 4 is 16.7 Å². The van der Waals surface area contributed by atoms with Crippen molar-refractivity contribution in [2.24, 2.45) is 0 Å². The van der Waals surface area contributed by atoms with Crippen LogP contribution in [-0.4, -0.2) is 41.1 Å². The molecule has 1 fully saturated rings. The van der Waals surface area contributed by atoms with Gasteiger partial charge in [0.2, 0.25) is 0 Å². The Balaban J connectivity index is 1.50. The maximum absolute atomic E-state index is 4.73. The summed E-state index contributed by atoms with van der Waals surface area (Å²) in [5.41, 5.74) is 9.36. The summed E-state index contributed by atoms with van der Waals surface area (Å²) in [6, 6.07) is 13.1. The van der Waals surface area contributed by atoms with Crippen LogP contribution in [0.5, 0.6) is 0 Å². The molecular weight excluding hydrogens is 370 g/mol. The van der Waals surface area contributed by atoms with E-state index in [1.807, 2.05) is 19.3 Å². The van der Waals surface area contributed by atoms with Crippen LogP contribution in [0.4, 0.5) is 5.82 Å². The highest BCUT2D eigenvalue weighted by Crippen LogP contribution is 2.34. The number of aromatic amines is 1. The van der Waals surface area contributed by atoms with E-state index in [1.165, 1.54) is 33.3 Å². The van der Waals surface area contributed by atoms with Crippen molar-refractivity contribution in [2.75, 3.05) is 31.1 Å². The van der Waals surface area contributed by atoms with Crippen LogP contribution >= 0.6 is 0 Å². The lowest BCUT2D eigenvalue weighted by molar-refractivity contribution is 0.585. The third kappa shape index (κ3) is 3.35. The Morgan fingerprint density at radius 1 is 0.867 bits per heavy atom. The molecule has 1 aliphatic rings. The molecule has 2 N–H and O–H groups in total. The van der Waals surface area contributed by atoms with E-state index in [0.29, 0.717) is 0 Å². The van der Waals surface area contributed by atoms with Crippen molar-refractivity contribution < 1.29 is 0 Å². The van der Waals surface area contributed by atoms with Crippen LogP contribution in [0.15, 0.2) is 48.8 Å². The number of aryl methyl sites for hydroxylation is 3. The number of hydrogen-bond donors (Lipinski definition) is 2. The first-order valence-corrected chi connectivity index (χ1v) is 10.6. The van der Waals surface area contributed by atoms with Crippen LogP contribution in [0, 0.1) is 20.8 Å². The molecule has 0 amide bonds. The lowest BCUT2D eigenvalue weighted by Gasteiger charge is -2.28. The highest BCUT2D eigenvalue weighted by Gasteiger charge is 2.14. The smallest absolute Gasteiger partial charge is 0.128 e. The van der Waals surface area contributed by atoms with Crippen LogP contribution < -0.4 is 10.2 Å². The fourth-order valence-corrected chi connectivity index (χ4v) is 4.32. The average molecular weight is 398 g/mol. The van der Waals surface area contributed by atoms with Gasteiger partial charge in [-0.15, -0.1) is 0 Å². The molecule has 0 atom stereocenters. The Bertz CT molecular complexity index is 1200. The summed E-state index contributed by atoms with van der Waals surface area (Å²) in [5.74, 6) is 1.06. The molecule has 0 aliphatic carbocycles. The molecule has 152 valence electrons. The van der Waals surface area contributed by atoms with E-state index >= 15 is 0 Å². The van der Waals surface area contributed by atoms with E-state index in [-0.39, 0.29) is 0 Å². The summed E-state index contributed by atoms with van der Waals surface area (Å²) < 4.78 is 0. The summed E-state index contributed by atoms with van der Waals surface area (Å²) in [4.78, 5) is 15.1. The van der Waals surface area contributed by atoms with Gasteiger partial charge in [-0.25, -0.2) is 4.98 Å². The van der Waals surface area contributed by atoms with Crippen LogP contribution in [0.2, 0.25) is 0 Å². The zero-order chi connectivity index (χ0) is 20.7. The van der Waals surface area contributed by atoms with Crippen LogP contribution in [0.1, 0.15) is 16.8 Å². The van der Waals surface area contributed by atoms with Crippen molar-refractivity contribution in [3.63, 3.8) is 0 Å². The molecule has 5 heteroatoms. The fourth-order valence-electron chi connectivity index (χ4n) is 4.32. The molecule has 1 saturated heterocycles. The van der Waals surface area contributed by atoms with E-state index in [9.17, 15) is 0 Å². The molecule has 4 heterocycles. The molecule has 3 aromatic heterocycles. The number of rotatable bonds is 3. The third-order valence-corrected chi connectivity index (χ3v) is 6.09. The number of H-pyrrole nitrogens is 1. The molecule has 0 radical (unpaired) electrons. The molecule has 4 aromatic rings. The lowest BCUT2D eigenvalue weighted by atomic mass is 10.0. The number of hydrogen-bond acceptors (Lipinski definition) is 4. The zero-order valence-electron chi connectivity index (χ0n) is 17.8.